The van der Waals surface area contributed by atoms with Gasteiger partial charge in [0.05, 0.1) is 5.56 Å². The number of benzene rings is 1. The summed E-state index contributed by atoms with van der Waals surface area (Å²) in [6, 6.07) is 3.97. The number of nitrogens with one attached hydrogen (secondary N) is 2. The molecule has 1 aromatic carbocycles. The maximum atomic E-state index is 12.2. The Morgan fingerprint density at radius 1 is 1.12 bits per heavy atom. The zero-order valence-electron chi connectivity index (χ0n) is 14.7. The molecule has 1 aliphatic heterocycles. The van der Waals surface area contributed by atoms with Gasteiger partial charge in [-0.2, -0.15) is 0 Å². The van der Waals surface area contributed by atoms with Gasteiger partial charge in [-0.15, -0.1) is 0 Å². The normalized spacial score (nSPS) is 14.2. The first-order valence-corrected chi connectivity index (χ1v) is 7.89. The van der Waals surface area contributed by atoms with Gasteiger partial charge in [0.25, 0.3) is 5.91 Å². The van der Waals surface area contributed by atoms with E-state index in [-0.39, 0.29) is 5.56 Å². The third-order valence-electron chi connectivity index (χ3n) is 3.16. The molecule has 0 saturated heterocycles. The Morgan fingerprint density at radius 2 is 1.76 bits per heavy atom. The Bertz CT molecular complexity index is 680. The first-order valence-electron chi connectivity index (χ1n) is 7.89. The molecule has 0 bridgehead atoms. The fourth-order valence-electron chi connectivity index (χ4n) is 2.04. The molecule has 0 aromatic heterocycles. The van der Waals surface area contributed by atoms with Crippen LogP contribution < -0.4 is 20.1 Å². The number of esters is 1. The Morgan fingerprint density at radius 3 is 2.40 bits per heavy atom. The Labute approximate surface area is 145 Å². The van der Waals surface area contributed by atoms with Crippen molar-refractivity contribution in [2.45, 2.75) is 39.3 Å². The highest BCUT2D eigenvalue weighted by atomic mass is 16.6. The molecule has 0 aliphatic carbocycles. The van der Waals surface area contributed by atoms with Crippen LogP contribution in [-0.4, -0.2) is 42.8 Å². The summed E-state index contributed by atoms with van der Waals surface area (Å²) in [5, 5.41) is 4.71. The number of carbonyl (C=O) groups is 3. The van der Waals surface area contributed by atoms with Crippen molar-refractivity contribution in [2.75, 3.05) is 13.2 Å². The van der Waals surface area contributed by atoms with Crippen molar-refractivity contribution in [1.29, 1.82) is 0 Å². The largest absolute Gasteiger partial charge is 0.486 e. The average molecular weight is 350 g/mol. The van der Waals surface area contributed by atoms with Gasteiger partial charge in [0.15, 0.2) is 17.6 Å². The first kappa shape index (κ1) is 18.6. The van der Waals surface area contributed by atoms with E-state index in [4.69, 9.17) is 14.2 Å². The Balaban J connectivity index is 1.93. The molecule has 2 N–H and O–H groups in total. The summed E-state index contributed by atoms with van der Waals surface area (Å²) in [5.74, 6) is -0.418. The molecular weight excluding hydrogens is 328 g/mol. The molecule has 0 fully saturated rings. The molecule has 1 unspecified atom stereocenters. The second-order valence-corrected chi connectivity index (χ2v) is 6.60. The van der Waals surface area contributed by atoms with Crippen molar-refractivity contribution in [2.24, 2.45) is 0 Å². The number of hydrogen-bond acceptors (Lipinski definition) is 6. The summed E-state index contributed by atoms with van der Waals surface area (Å²) in [5.41, 5.74) is -0.266. The molecule has 1 aromatic rings. The number of ether oxygens (including phenoxy) is 3. The molecule has 3 amide bonds. The molecule has 0 radical (unpaired) electrons. The van der Waals surface area contributed by atoms with Crippen molar-refractivity contribution in [3.05, 3.63) is 23.8 Å². The molecule has 0 spiro atoms. The monoisotopic (exact) mass is 350 g/mol. The Kier molecular flexibility index (Phi) is 5.51. The van der Waals surface area contributed by atoms with Crippen molar-refractivity contribution >= 4 is 17.9 Å². The summed E-state index contributed by atoms with van der Waals surface area (Å²) >= 11 is 0. The maximum absolute atomic E-state index is 12.2. The van der Waals surface area contributed by atoms with E-state index >= 15 is 0 Å². The van der Waals surface area contributed by atoms with Gasteiger partial charge in [0.1, 0.15) is 13.2 Å². The van der Waals surface area contributed by atoms with Gasteiger partial charge in [-0.3, -0.25) is 10.1 Å². The van der Waals surface area contributed by atoms with Crippen molar-refractivity contribution in [1.82, 2.24) is 10.6 Å². The lowest BCUT2D eigenvalue weighted by Gasteiger charge is -2.21. The zero-order valence-corrected chi connectivity index (χ0v) is 14.7. The second kappa shape index (κ2) is 7.42. The van der Waals surface area contributed by atoms with Crippen LogP contribution in [0.5, 0.6) is 11.5 Å². The number of fused-ring (bicyclic) bond motifs is 1. The van der Waals surface area contributed by atoms with Gasteiger partial charge in [-0.1, -0.05) is 0 Å². The van der Waals surface area contributed by atoms with Gasteiger partial charge in [-0.25, -0.2) is 9.59 Å². The van der Waals surface area contributed by atoms with Gasteiger partial charge in [0.2, 0.25) is 0 Å². The van der Waals surface area contributed by atoms with Gasteiger partial charge >= 0.3 is 12.0 Å². The summed E-state index contributed by atoms with van der Waals surface area (Å²) in [7, 11) is 0. The van der Waals surface area contributed by atoms with Gasteiger partial charge in [0, 0.05) is 5.54 Å². The van der Waals surface area contributed by atoms with Crippen LogP contribution in [0.3, 0.4) is 0 Å². The van der Waals surface area contributed by atoms with Gasteiger partial charge < -0.3 is 19.5 Å². The van der Waals surface area contributed by atoms with E-state index in [1.165, 1.54) is 19.1 Å². The second-order valence-electron chi connectivity index (χ2n) is 6.60. The number of hydrogen-bond donors (Lipinski definition) is 2. The predicted molar refractivity (Wildman–Crippen MR) is 88.7 cm³/mol. The van der Waals surface area contributed by atoms with E-state index in [0.717, 1.165) is 0 Å². The van der Waals surface area contributed by atoms with Gasteiger partial charge in [-0.05, 0) is 45.9 Å². The summed E-state index contributed by atoms with van der Waals surface area (Å²) in [4.78, 5) is 35.8. The molecule has 8 heteroatoms. The number of amides is 3. The lowest BCUT2D eigenvalue weighted by Crippen LogP contribution is -2.50. The maximum Gasteiger partial charge on any atom is 0.339 e. The summed E-state index contributed by atoms with van der Waals surface area (Å²) < 4.78 is 15.9. The molecular formula is C17H22N2O6. The lowest BCUT2D eigenvalue weighted by molar-refractivity contribution is -0.127. The standard InChI is InChI=1S/C17H22N2O6/c1-10(14(20)18-16(22)19-17(2,3)4)25-15(21)11-5-6-12-13(9-11)24-8-7-23-12/h5-6,9-10H,7-8H2,1-4H3,(H2,18,19,20,22). The van der Waals surface area contributed by atoms with Crippen LogP contribution in [0.15, 0.2) is 18.2 Å². The number of rotatable bonds is 3. The molecule has 8 nitrogen and oxygen atoms in total. The van der Waals surface area contributed by atoms with E-state index in [2.05, 4.69) is 10.6 Å². The summed E-state index contributed by atoms with van der Waals surface area (Å²) in [6.07, 6.45) is -1.13. The average Bonchev–Trinajstić information content (AvgIpc) is 2.52. The van der Waals surface area contributed by atoms with E-state index in [1.54, 1.807) is 26.8 Å². The number of carbonyl (C=O) groups excluding carboxylic acids is 3. The molecule has 2 rings (SSSR count). The number of imide groups is 1. The minimum absolute atomic E-state index is 0.225. The fourth-order valence-corrected chi connectivity index (χ4v) is 2.04. The molecule has 136 valence electrons. The van der Waals surface area contributed by atoms with Crippen LogP contribution in [0.1, 0.15) is 38.1 Å². The fraction of sp³-hybridized carbons (Fsp3) is 0.471. The highest BCUT2D eigenvalue weighted by Crippen LogP contribution is 2.31. The quantitative estimate of drug-likeness (QED) is 0.803. The molecule has 1 atom stereocenters. The van der Waals surface area contributed by atoms with Crippen molar-refractivity contribution in [3.63, 3.8) is 0 Å². The van der Waals surface area contributed by atoms with E-state index < -0.39 is 29.6 Å². The van der Waals surface area contributed by atoms with Crippen LogP contribution in [0.2, 0.25) is 0 Å². The number of urea groups is 1. The minimum Gasteiger partial charge on any atom is -0.486 e. The summed E-state index contributed by atoms with van der Waals surface area (Å²) in [6.45, 7) is 7.57. The van der Waals surface area contributed by atoms with Crippen LogP contribution in [0.4, 0.5) is 4.79 Å². The molecule has 1 aliphatic rings. The third kappa shape index (κ3) is 5.37. The molecule has 1 heterocycles. The molecule has 25 heavy (non-hydrogen) atoms. The predicted octanol–water partition coefficient (Wildman–Crippen LogP) is 1.63. The van der Waals surface area contributed by atoms with Crippen molar-refractivity contribution in [3.8, 4) is 11.5 Å². The lowest BCUT2D eigenvalue weighted by atomic mass is 10.1. The zero-order chi connectivity index (χ0) is 18.6. The third-order valence-corrected chi connectivity index (χ3v) is 3.16. The smallest absolute Gasteiger partial charge is 0.339 e. The van der Waals surface area contributed by atoms with Crippen LogP contribution >= 0.6 is 0 Å². The minimum atomic E-state index is -1.13. The highest BCUT2D eigenvalue weighted by Gasteiger charge is 2.23. The SMILES string of the molecule is CC(OC(=O)c1ccc2c(c1)OCCO2)C(=O)NC(=O)NC(C)(C)C. The molecule has 0 saturated carbocycles. The van der Waals surface area contributed by atoms with Crippen molar-refractivity contribution < 1.29 is 28.6 Å². The van der Waals surface area contributed by atoms with Crippen LogP contribution in [0, 0.1) is 0 Å². The van der Waals surface area contributed by atoms with E-state index in [1.807, 2.05) is 0 Å². The van der Waals surface area contributed by atoms with E-state index in [9.17, 15) is 14.4 Å². The highest BCUT2D eigenvalue weighted by molar-refractivity contribution is 5.98. The van der Waals surface area contributed by atoms with Crippen LogP contribution in [-0.2, 0) is 9.53 Å². The van der Waals surface area contributed by atoms with E-state index in [0.29, 0.717) is 24.7 Å². The first-order chi connectivity index (χ1) is 11.7. The topological polar surface area (TPSA) is 103 Å². The van der Waals surface area contributed by atoms with Crippen LogP contribution in [0.25, 0.3) is 0 Å². The Hall–Kier alpha value is -2.77.